The third kappa shape index (κ3) is 3.78. The number of ether oxygens (including phenoxy) is 1. The number of carbonyl (C=O) groups is 1. The highest BCUT2D eigenvalue weighted by Gasteiger charge is 2.26. The van der Waals surface area contributed by atoms with Crippen molar-refractivity contribution in [1.82, 2.24) is 4.90 Å². The van der Waals surface area contributed by atoms with Gasteiger partial charge >= 0.3 is 5.97 Å². The van der Waals surface area contributed by atoms with Crippen LogP contribution in [-0.2, 0) is 22.7 Å². The number of likely N-dealkylation sites (tertiary alicyclic amines) is 1. The fourth-order valence-electron chi connectivity index (χ4n) is 2.57. The van der Waals surface area contributed by atoms with Crippen molar-refractivity contribution in [3.05, 3.63) is 35.4 Å². The van der Waals surface area contributed by atoms with Gasteiger partial charge in [0.05, 0.1) is 19.6 Å². The zero-order chi connectivity index (χ0) is 13.7. The lowest BCUT2D eigenvalue weighted by atomic mass is 9.97. The van der Waals surface area contributed by atoms with Gasteiger partial charge < -0.3 is 9.84 Å². The molecule has 104 valence electrons. The highest BCUT2D eigenvalue weighted by Crippen LogP contribution is 2.19. The maximum atomic E-state index is 11.6. The van der Waals surface area contributed by atoms with Crippen molar-refractivity contribution in [2.45, 2.75) is 26.0 Å². The Morgan fingerprint density at radius 3 is 2.68 bits per heavy atom. The van der Waals surface area contributed by atoms with E-state index in [1.54, 1.807) is 0 Å². The lowest BCUT2D eigenvalue weighted by molar-refractivity contribution is -0.147. The minimum absolute atomic E-state index is 0.00969. The van der Waals surface area contributed by atoms with Crippen molar-refractivity contribution < 1.29 is 14.6 Å². The first-order valence-corrected chi connectivity index (χ1v) is 6.72. The van der Waals surface area contributed by atoms with E-state index < -0.39 is 0 Å². The number of hydrogen-bond acceptors (Lipinski definition) is 4. The first-order chi connectivity index (χ1) is 9.22. The molecule has 0 unspecified atom stereocenters. The Hall–Kier alpha value is -1.39. The van der Waals surface area contributed by atoms with Crippen LogP contribution < -0.4 is 0 Å². The van der Waals surface area contributed by atoms with E-state index in [-0.39, 0.29) is 18.5 Å². The molecule has 1 aromatic carbocycles. The molecule has 2 rings (SSSR count). The summed E-state index contributed by atoms with van der Waals surface area (Å²) in [5.74, 6) is -0.0872. The fourth-order valence-corrected chi connectivity index (χ4v) is 2.57. The van der Waals surface area contributed by atoms with Crippen LogP contribution in [0.3, 0.4) is 0 Å². The maximum Gasteiger partial charge on any atom is 0.309 e. The first-order valence-electron chi connectivity index (χ1n) is 6.72. The number of rotatable bonds is 4. The van der Waals surface area contributed by atoms with Crippen LogP contribution in [0.2, 0.25) is 0 Å². The van der Waals surface area contributed by atoms with Crippen molar-refractivity contribution in [3.63, 3.8) is 0 Å². The molecule has 0 saturated carbocycles. The molecule has 1 heterocycles. The quantitative estimate of drug-likeness (QED) is 0.838. The topological polar surface area (TPSA) is 49.8 Å². The molecule has 19 heavy (non-hydrogen) atoms. The molecule has 1 aliphatic rings. The molecule has 0 radical (unpaired) electrons. The summed E-state index contributed by atoms with van der Waals surface area (Å²) in [5, 5.41) is 9.01. The summed E-state index contributed by atoms with van der Waals surface area (Å²) in [6.45, 7) is 2.72. The van der Waals surface area contributed by atoms with Crippen molar-refractivity contribution in [1.29, 1.82) is 0 Å². The number of piperidine rings is 1. The van der Waals surface area contributed by atoms with Crippen LogP contribution in [0.1, 0.15) is 24.0 Å². The van der Waals surface area contributed by atoms with Crippen LogP contribution in [0.4, 0.5) is 0 Å². The van der Waals surface area contributed by atoms with Gasteiger partial charge in [-0.25, -0.2) is 0 Å². The fraction of sp³-hybridized carbons (Fsp3) is 0.533. The molecule has 0 aliphatic carbocycles. The van der Waals surface area contributed by atoms with Crippen LogP contribution in [0.5, 0.6) is 0 Å². The van der Waals surface area contributed by atoms with E-state index in [0.29, 0.717) is 0 Å². The summed E-state index contributed by atoms with van der Waals surface area (Å²) in [7, 11) is 1.45. The van der Waals surface area contributed by atoms with Crippen LogP contribution in [0.15, 0.2) is 24.3 Å². The Morgan fingerprint density at radius 2 is 2.05 bits per heavy atom. The van der Waals surface area contributed by atoms with Crippen molar-refractivity contribution in [2.24, 2.45) is 5.92 Å². The zero-order valence-corrected chi connectivity index (χ0v) is 11.3. The molecular weight excluding hydrogens is 242 g/mol. The average molecular weight is 263 g/mol. The summed E-state index contributed by atoms with van der Waals surface area (Å²) in [4.78, 5) is 13.9. The molecule has 0 bridgehead atoms. The predicted molar refractivity (Wildman–Crippen MR) is 72.4 cm³/mol. The Kier molecular flexibility index (Phi) is 4.93. The molecule has 0 amide bonds. The van der Waals surface area contributed by atoms with Gasteiger partial charge in [-0.15, -0.1) is 0 Å². The van der Waals surface area contributed by atoms with Crippen molar-refractivity contribution in [2.75, 3.05) is 20.2 Å². The Morgan fingerprint density at radius 1 is 1.37 bits per heavy atom. The largest absolute Gasteiger partial charge is 0.469 e. The zero-order valence-electron chi connectivity index (χ0n) is 11.3. The van der Waals surface area contributed by atoms with Gasteiger partial charge in [-0.3, -0.25) is 9.69 Å². The summed E-state index contributed by atoms with van der Waals surface area (Å²) in [6, 6.07) is 7.95. The summed E-state index contributed by atoms with van der Waals surface area (Å²) in [5.41, 5.74) is 2.14. The first kappa shape index (κ1) is 14.0. The highest BCUT2D eigenvalue weighted by molar-refractivity contribution is 5.72. The monoisotopic (exact) mass is 263 g/mol. The number of nitrogens with zero attached hydrogens (tertiary/aromatic N) is 1. The van der Waals surface area contributed by atoms with E-state index >= 15 is 0 Å². The number of esters is 1. The molecule has 1 aromatic rings. The maximum absolute atomic E-state index is 11.6. The van der Waals surface area contributed by atoms with Crippen molar-refractivity contribution in [3.8, 4) is 0 Å². The van der Waals surface area contributed by atoms with E-state index in [1.165, 1.54) is 12.7 Å². The number of methoxy groups -OCH3 is 1. The number of benzene rings is 1. The van der Waals surface area contributed by atoms with Gasteiger partial charge in [0.1, 0.15) is 0 Å². The SMILES string of the molecule is COC(=O)[C@H]1CCCN(Cc2ccc(CO)cc2)C1. The molecule has 0 spiro atoms. The normalized spacial score (nSPS) is 20.2. The molecule has 0 aromatic heterocycles. The van der Waals surface area contributed by atoms with E-state index in [4.69, 9.17) is 9.84 Å². The van der Waals surface area contributed by atoms with Gasteiger partial charge in [-0.05, 0) is 30.5 Å². The smallest absolute Gasteiger partial charge is 0.309 e. The van der Waals surface area contributed by atoms with E-state index in [1.807, 2.05) is 24.3 Å². The molecule has 1 fully saturated rings. The van der Waals surface area contributed by atoms with Crippen molar-refractivity contribution >= 4 is 5.97 Å². The molecule has 4 nitrogen and oxygen atoms in total. The van der Waals surface area contributed by atoms with Gasteiger partial charge in [-0.2, -0.15) is 0 Å². The lowest BCUT2D eigenvalue weighted by Crippen LogP contribution is -2.38. The Labute approximate surface area is 114 Å². The Balaban J connectivity index is 1.92. The van der Waals surface area contributed by atoms with Crippen LogP contribution in [-0.4, -0.2) is 36.2 Å². The summed E-state index contributed by atoms with van der Waals surface area (Å²) < 4.78 is 4.83. The second-order valence-corrected chi connectivity index (χ2v) is 5.07. The van der Waals surface area contributed by atoms with Gasteiger partial charge in [0.15, 0.2) is 0 Å². The molecule has 1 aliphatic heterocycles. The van der Waals surface area contributed by atoms with Gasteiger partial charge in [0, 0.05) is 13.1 Å². The van der Waals surface area contributed by atoms with E-state index in [9.17, 15) is 4.79 Å². The van der Waals surface area contributed by atoms with Gasteiger partial charge in [0.25, 0.3) is 0 Å². The number of carbonyl (C=O) groups excluding carboxylic acids is 1. The third-order valence-electron chi connectivity index (χ3n) is 3.65. The average Bonchev–Trinajstić information content (AvgIpc) is 2.47. The minimum Gasteiger partial charge on any atom is -0.469 e. The molecule has 4 heteroatoms. The van der Waals surface area contributed by atoms with Gasteiger partial charge in [-0.1, -0.05) is 24.3 Å². The standard InChI is InChI=1S/C15H21NO3/c1-19-15(18)14-3-2-8-16(10-14)9-12-4-6-13(11-17)7-5-12/h4-7,14,17H,2-3,8-11H2,1H3/t14-/m0/s1. The second-order valence-electron chi connectivity index (χ2n) is 5.07. The number of hydrogen-bond donors (Lipinski definition) is 1. The lowest BCUT2D eigenvalue weighted by Gasteiger charge is -2.31. The molecule has 1 N–H and O–H groups in total. The Bertz CT molecular complexity index is 416. The highest BCUT2D eigenvalue weighted by atomic mass is 16.5. The number of aliphatic hydroxyl groups excluding tert-OH is 1. The van der Waals surface area contributed by atoms with E-state index in [2.05, 4.69) is 4.90 Å². The minimum atomic E-state index is -0.0969. The molecule has 1 atom stereocenters. The number of aliphatic hydroxyl groups is 1. The van der Waals surface area contributed by atoms with Gasteiger partial charge in [0.2, 0.25) is 0 Å². The summed E-state index contributed by atoms with van der Waals surface area (Å²) in [6.07, 6.45) is 1.96. The van der Waals surface area contributed by atoms with E-state index in [0.717, 1.165) is 38.0 Å². The molecular formula is C15H21NO3. The second kappa shape index (κ2) is 6.68. The third-order valence-corrected chi connectivity index (χ3v) is 3.65. The predicted octanol–water partition coefficient (Wildman–Crippen LogP) is 1.56. The van der Waals surface area contributed by atoms with Crippen LogP contribution in [0.25, 0.3) is 0 Å². The van der Waals surface area contributed by atoms with Crippen LogP contribution >= 0.6 is 0 Å². The summed E-state index contributed by atoms with van der Waals surface area (Å²) >= 11 is 0. The van der Waals surface area contributed by atoms with Crippen LogP contribution in [0, 0.1) is 5.92 Å². The molecule has 1 saturated heterocycles.